The summed E-state index contributed by atoms with van der Waals surface area (Å²) < 4.78 is 7.90. The van der Waals surface area contributed by atoms with E-state index in [-0.39, 0.29) is 23.6 Å². The third kappa shape index (κ3) is 5.13. The third-order valence-electron chi connectivity index (χ3n) is 4.83. The molecule has 2 aromatic heterocycles. The van der Waals surface area contributed by atoms with E-state index < -0.39 is 17.3 Å². The average molecular weight is 480 g/mol. The van der Waals surface area contributed by atoms with E-state index in [1.807, 2.05) is 0 Å². The topological polar surface area (TPSA) is 132 Å². The Morgan fingerprint density at radius 3 is 2.50 bits per heavy atom. The zero-order valence-corrected chi connectivity index (χ0v) is 18.6. The largest absolute Gasteiger partial charge is 0.478 e. The summed E-state index contributed by atoms with van der Waals surface area (Å²) in [4.78, 5) is 47.1. The van der Waals surface area contributed by atoms with Crippen LogP contribution in [0.2, 0.25) is 5.02 Å². The molecule has 10 nitrogen and oxygen atoms in total. The number of carboxylic acids is 1. The fourth-order valence-corrected chi connectivity index (χ4v) is 3.16. The zero-order chi connectivity index (χ0) is 24.2. The Morgan fingerprint density at radius 1 is 1.12 bits per heavy atom. The summed E-state index contributed by atoms with van der Waals surface area (Å²) in [5.41, 5.74) is 0.259. The van der Waals surface area contributed by atoms with Crippen LogP contribution < -0.4 is 21.7 Å². The number of aromatic amines is 1. The summed E-state index contributed by atoms with van der Waals surface area (Å²) in [5, 5.41) is 9.65. The predicted molar refractivity (Wildman–Crippen MR) is 124 cm³/mol. The number of aromatic carboxylic acids is 1. The number of hydrogen-bond acceptors (Lipinski definition) is 6. The number of halogens is 1. The maximum Gasteiger partial charge on any atom is 0.335 e. The molecule has 2 N–H and O–H groups in total. The molecule has 172 valence electrons. The molecule has 0 aliphatic rings. The fraction of sp³-hybridized carbons (Fsp3) is 0.0870. The van der Waals surface area contributed by atoms with Gasteiger partial charge in [0.15, 0.2) is 0 Å². The molecule has 0 unspecified atom stereocenters. The Hall–Kier alpha value is -4.44. The van der Waals surface area contributed by atoms with Crippen LogP contribution in [0.1, 0.15) is 15.9 Å². The van der Waals surface area contributed by atoms with Gasteiger partial charge in [-0.05, 0) is 48.0 Å². The minimum atomic E-state index is -1.09. The fourth-order valence-electron chi connectivity index (χ4n) is 3.04. The van der Waals surface area contributed by atoms with E-state index in [9.17, 15) is 14.4 Å². The van der Waals surface area contributed by atoms with E-state index in [0.717, 1.165) is 10.1 Å². The number of hydrogen-bond donors (Lipinski definition) is 2. The quantitative estimate of drug-likeness (QED) is 0.437. The summed E-state index contributed by atoms with van der Waals surface area (Å²) in [7, 11) is 1.38. The molecule has 4 rings (SSSR count). The van der Waals surface area contributed by atoms with Crippen molar-refractivity contribution < 1.29 is 14.6 Å². The average Bonchev–Trinajstić information content (AvgIpc) is 2.83. The van der Waals surface area contributed by atoms with Gasteiger partial charge in [-0.1, -0.05) is 23.7 Å². The molecule has 0 aliphatic carbocycles. The molecule has 0 spiro atoms. The van der Waals surface area contributed by atoms with Crippen molar-refractivity contribution in [3.05, 3.63) is 110 Å². The second-order valence-corrected chi connectivity index (χ2v) is 7.64. The van der Waals surface area contributed by atoms with Crippen LogP contribution in [0, 0.1) is 0 Å². The summed E-state index contributed by atoms with van der Waals surface area (Å²) >= 11 is 5.94. The number of carboxylic acid groups (broad SMARTS) is 1. The Morgan fingerprint density at radius 2 is 1.82 bits per heavy atom. The maximum atomic E-state index is 12.8. The molecule has 0 fully saturated rings. The van der Waals surface area contributed by atoms with E-state index in [1.54, 1.807) is 48.5 Å². The van der Waals surface area contributed by atoms with Crippen LogP contribution in [-0.2, 0) is 13.6 Å². The first-order valence-electron chi connectivity index (χ1n) is 9.97. The van der Waals surface area contributed by atoms with Crippen LogP contribution in [0.15, 0.2) is 81.4 Å². The number of aromatic nitrogens is 4. The van der Waals surface area contributed by atoms with Crippen molar-refractivity contribution in [2.45, 2.75) is 6.54 Å². The summed E-state index contributed by atoms with van der Waals surface area (Å²) in [6.45, 7) is 0.173. The second-order valence-electron chi connectivity index (χ2n) is 7.20. The minimum Gasteiger partial charge on any atom is -0.478 e. The highest BCUT2D eigenvalue weighted by molar-refractivity contribution is 6.30. The van der Waals surface area contributed by atoms with E-state index in [4.69, 9.17) is 21.4 Å². The number of pyridine rings is 1. The number of H-pyrrole nitrogens is 1. The van der Waals surface area contributed by atoms with Gasteiger partial charge in [-0.25, -0.2) is 28.9 Å². The number of ether oxygens (including phenoxy) is 1. The molecule has 0 radical (unpaired) electrons. The number of nitrogens with one attached hydrogen (secondary N) is 1. The Balaban J connectivity index is 1.66. The van der Waals surface area contributed by atoms with E-state index >= 15 is 0 Å². The lowest BCUT2D eigenvalue weighted by Crippen LogP contribution is -2.48. The second kappa shape index (κ2) is 9.59. The van der Waals surface area contributed by atoms with E-state index in [2.05, 4.69) is 15.0 Å². The Bertz CT molecular complexity index is 1540. The molecular weight excluding hydrogens is 462 g/mol. The van der Waals surface area contributed by atoms with Crippen LogP contribution in [0.3, 0.4) is 0 Å². The molecular formula is C23H18ClN5O5. The minimum absolute atomic E-state index is 0.0523. The van der Waals surface area contributed by atoms with Crippen molar-refractivity contribution in [1.29, 1.82) is 0 Å². The van der Waals surface area contributed by atoms with Crippen LogP contribution in [-0.4, -0.2) is 30.2 Å². The number of rotatable bonds is 6. The Kier molecular flexibility index (Phi) is 6.42. The lowest BCUT2D eigenvalue weighted by atomic mass is 10.2. The van der Waals surface area contributed by atoms with Crippen LogP contribution in [0.4, 0.5) is 5.69 Å². The molecule has 0 saturated heterocycles. The number of nitrogens with zero attached hydrogens (tertiary/aromatic N) is 4. The van der Waals surface area contributed by atoms with Crippen LogP contribution in [0.25, 0.3) is 0 Å². The lowest BCUT2D eigenvalue weighted by molar-refractivity contribution is 0.0696. The molecule has 4 aromatic rings. The predicted octanol–water partition coefficient (Wildman–Crippen LogP) is 2.69. The van der Waals surface area contributed by atoms with Gasteiger partial charge in [0.05, 0.1) is 17.8 Å². The molecule has 0 amide bonds. The monoisotopic (exact) mass is 479 g/mol. The van der Waals surface area contributed by atoms with Crippen LogP contribution >= 0.6 is 11.6 Å². The van der Waals surface area contributed by atoms with E-state index in [0.29, 0.717) is 16.5 Å². The van der Waals surface area contributed by atoms with Crippen molar-refractivity contribution >= 4 is 23.3 Å². The summed E-state index contributed by atoms with van der Waals surface area (Å²) in [6.07, 6.45) is 1.34. The molecule has 0 atom stereocenters. The van der Waals surface area contributed by atoms with Crippen molar-refractivity contribution in [3.63, 3.8) is 0 Å². The maximum absolute atomic E-state index is 12.8. The first kappa shape index (κ1) is 22.7. The van der Waals surface area contributed by atoms with Crippen molar-refractivity contribution in [2.24, 2.45) is 12.0 Å². The first-order chi connectivity index (χ1) is 16.3. The van der Waals surface area contributed by atoms with Gasteiger partial charge < -0.3 is 9.84 Å². The molecule has 0 bridgehead atoms. The van der Waals surface area contributed by atoms with Gasteiger partial charge in [0, 0.05) is 24.3 Å². The highest BCUT2D eigenvalue weighted by Crippen LogP contribution is 2.23. The molecule has 34 heavy (non-hydrogen) atoms. The normalized spacial score (nSPS) is 11.4. The first-order valence-corrected chi connectivity index (χ1v) is 10.3. The molecule has 0 aliphatic heterocycles. The number of carbonyl (C=O) groups is 1. The van der Waals surface area contributed by atoms with Crippen molar-refractivity contribution in [2.75, 3.05) is 0 Å². The molecule has 0 saturated carbocycles. The summed E-state index contributed by atoms with van der Waals surface area (Å²) in [5.74, 6) is -0.557. The van der Waals surface area contributed by atoms with Gasteiger partial charge in [0.1, 0.15) is 5.75 Å². The SMILES string of the molecule is Cn1c(=O)[nH]/c(=N\c2ccc(Oc3cc(C(=O)O)ccn3)cc2)n(Cc2ccc(Cl)cc2)c1=O. The highest BCUT2D eigenvalue weighted by atomic mass is 35.5. The van der Waals surface area contributed by atoms with Gasteiger partial charge in [0.2, 0.25) is 11.5 Å². The zero-order valence-electron chi connectivity index (χ0n) is 17.8. The van der Waals surface area contributed by atoms with Crippen LogP contribution in [0.5, 0.6) is 11.6 Å². The van der Waals surface area contributed by atoms with Crippen molar-refractivity contribution in [3.8, 4) is 11.6 Å². The molecule has 2 aromatic carbocycles. The van der Waals surface area contributed by atoms with Gasteiger partial charge in [-0.15, -0.1) is 0 Å². The standard InChI is InChI=1S/C23H18ClN5O5/c1-28-22(32)27-21(29(23(28)33)13-14-2-4-16(24)5-3-14)26-17-6-8-18(9-7-17)34-19-12-15(20(30)31)10-11-25-19/h2-12H,13H2,1H3,(H,30,31)(H,26,27,32). The third-order valence-corrected chi connectivity index (χ3v) is 5.08. The lowest BCUT2D eigenvalue weighted by Gasteiger charge is -2.09. The summed E-state index contributed by atoms with van der Waals surface area (Å²) in [6, 6.07) is 16.1. The number of benzene rings is 2. The van der Waals surface area contributed by atoms with Gasteiger partial charge in [-0.2, -0.15) is 0 Å². The van der Waals surface area contributed by atoms with E-state index in [1.165, 1.54) is 29.9 Å². The molecule has 11 heteroatoms. The molecule has 2 heterocycles. The Labute approximate surface area is 197 Å². The van der Waals surface area contributed by atoms with Gasteiger partial charge in [0.25, 0.3) is 0 Å². The van der Waals surface area contributed by atoms with Gasteiger partial charge >= 0.3 is 17.3 Å². The van der Waals surface area contributed by atoms with Gasteiger partial charge in [-0.3, -0.25) is 9.55 Å². The highest BCUT2D eigenvalue weighted by Gasteiger charge is 2.08. The van der Waals surface area contributed by atoms with Crippen molar-refractivity contribution in [1.82, 2.24) is 19.1 Å². The smallest absolute Gasteiger partial charge is 0.335 e.